The van der Waals surface area contributed by atoms with Gasteiger partial charge >= 0.3 is 11.9 Å². The van der Waals surface area contributed by atoms with Crippen LogP contribution in [0.4, 0.5) is 0 Å². The number of hydrogen-bond acceptors (Lipinski definition) is 5. The molecule has 0 rings (SSSR count). The van der Waals surface area contributed by atoms with E-state index in [0.29, 0.717) is 19.3 Å². The van der Waals surface area contributed by atoms with E-state index in [1.54, 1.807) is 0 Å². The molecule has 6 heteroatoms. The normalized spacial score (nSPS) is 12.6. The van der Waals surface area contributed by atoms with Gasteiger partial charge in [0.15, 0.2) is 13.6 Å². The zero-order valence-corrected chi connectivity index (χ0v) is 18.0. The second-order valence-electron chi connectivity index (χ2n) is 7.51. The average Bonchev–Trinajstić information content (AvgIpc) is 2.60. The molecule has 1 unspecified atom stereocenters. The van der Waals surface area contributed by atoms with Crippen molar-refractivity contribution < 1.29 is 29.2 Å². The molecule has 0 amide bonds. The largest absolute Gasteiger partial charge is 0.387 e. The van der Waals surface area contributed by atoms with E-state index >= 15 is 0 Å². The highest BCUT2D eigenvalue weighted by atomic mass is 17.0. The van der Waals surface area contributed by atoms with Gasteiger partial charge in [0.1, 0.15) is 6.10 Å². The van der Waals surface area contributed by atoms with Gasteiger partial charge in [-0.15, -0.1) is 0 Å². The Morgan fingerprint density at radius 2 is 1.19 bits per heavy atom. The van der Waals surface area contributed by atoms with Crippen LogP contribution in [0, 0.1) is 0 Å². The number of hydrogen-bond donors (Lipinski definition) is 1. The molecular formula is C21H42NO5+. The van der Waals surface area contributed by atoms with Crippen LogP contribution in [-0.4, -0.2) is 41.6 Å². The highest BCUT2D eigenvalue weighted by molar-refractivity contribution is 5.69. The molecule has 160 valence electrons. The van der Waals surface area contributed by atoms with Crippen LogP contribution >= 0.6 is 0 Å². The smallest absolute Gasteiger partial charge is 0.372 e. The fraction of sp³-hybridized carbons (Fsp3) is 0.905. The zero-order valence-electron chi connectivity index (χ0n) is 18.0. The van der Waals surface area contributed by atoms with Crippen LogP contribution in [-0.2, 0) is 19.3 Å². The number of unbranched alkanes of at least 4 members (excludes halogenated alkanes) is 8. The molecule has 0 aromatic heterocycles. The summed E-state index contributed by atoms with van der Waals surface area (Å²) in [7, 11) is 1.52. The van der Waals surface area contributed by atoms with Gasteiger partial charge in [0.25, 0.3) is 0 Å². The van der Waals surface area contributed by atoms with E-state index in [0.717, 1.165) is 51.4 Å². The van der Waals surface area contributed by atoms with Crippen LogP contribution in [0.5, 0.6) is 0 Å². The molecule has 0 aromatic rings. The number of hydroxylamine groups is 4. The van der Waals surface area contributed by atoms with Crippen molar-refractivity contribution in [2.24, 2.45) is 0 Å². The Balaban J connectivity index is 4.47. The first kappa shape index (κ1) is 25.9. The first-order valence-corrected chi connectivity index (χ1v) is 10.8. The lowest BCUT2D eigenvalue weighted by Crippen LogP contribution is -2.51. The molecule has 27 heavy (non-hydrogen) atoms. The van der Waals surface area contributed by atoms with E-state index in [-0.39, 0.29) is 6.54 Å². The summed E-state index contributed by atoms with van der Waals surface area (Å²) in [6, 6.07) is 0. The van der Waals surface area contributed by atoms with Crippen molar-refractivity contribution in [3.8, 4) is 0 Å². The lowest BCUT2D eigenvalue weighted by Gasteiger charge is -2.28. The predicted octanol–water partition coefficient (Wildman–Crippen LogP) is 4.84. The number of quaternary nitrogens is 1. The van der Waals surface area contributed by atoms with Gasteiger partial charge in [0.2, 0.25) is 0 Å². The highest BCUT2D eigenvalue weighted by Gasteiger charge is 2.36. The van der Waals surface area contributed by atoms with E-state index in [4.69, 9.17) is 9.68 Å². The van der Waals surface area contributed by atoms with Gasteiger partial charge in [-0.2, -0.15) is 0 Å². The van der Waals surface area contributed by atoms with E-state index in [1.165, 1.54) is 19.9 Å². The number of carbonyl (C=O) groups is 2. The molecule has 0 aliphatic rings. The quantitative estimate of drug-likeness (QED) is 0.219. The lowest BCUT2D eigenvalue weighted by molar-refractivity contribution is -1.21. The monoisotopic (exact) mass is 388 g/mol. The van der Waals surface area contributed by atoms with E-state index in [1.807, 2.05) is 6.92 Å². The Morgan fingerprint density at radius 3 is 1.56 bits per heavy atom. The molecular weight excluding hydrogens is 346 g/mol. The summed E-state index contributed by atoms with van der Waals surface area (Å²) in [6.45, 7) is 6.17. The Morgan fingerprint density at radius 1 is 0.778 bits per heavy atom. The maximum atomic E-state index is 12.2. The van der Waals surface area contributed by atoms with Crippen LogP contribution < -0.4 is 0 Å². The first-order chi connectivity index (χ1) is 12.9. The minimum Gasteiger partial charge on any atom is -0.387 e. The number of aliphatic hydroxyl groups is 1. The Labute approximate surface area is 165 Å². The lowest BCUT2D eigenvalue weighted by atomic mass is 10.1. The molecule has 0 aliphatic carbocycles. The molecule has 0 fully saturated rings. The fourth-order valence-corrected chi connectivity index (χ4v) is 2.87. The second kappa shape index (κ2) is 15.9. The molecule has 0 heterocycles. The van der Waals surface area contributed by atoms with Gasteiger partial charge in [-0.05, 0) is 19.3 Å². The van der Waals surface area contributed by atoms with Gasteiger partial charge in [-0.3, -0.25) is 0 Å². The summed E-state index contributed by atoms with van der Waals surface area (Å²) in [5, 5.41) is 9.97. The zero-order chi connectivity index (χ0) is 20.5. The van der Waals surface area contributed by atoms with Gasteiger partial charge < -0.3 is 5.11 Å². The van der Waals surface area contributed by atoms with E-state index < -0.39 is 22.9 Å². The van der Waals surface area contributed by atoms with Crippen molar-refractivity contribution in [3.63, 3.8) is 0 Å². The van der Waals surface area contributed by atoms with Crippen LogP contribution in [0.15, 0.2) is 0 Å². The molecule has 6 nitrogen and oxygen atoms in total. The van der Waals surface area contributed by atoms with Gasteiger partial charge in [0, 0.05) is 4.81 Å². The van der Waals surface area contributed by atoms with Crippen molar-refractivity contribution in [2.45, 2.75) is 110 Å². The van der Waals surface area contributed by atoms with Gasteiger partial charge in [-0.25, -0.2) is 19.3 Å². The number of rotatable bonds is 17. The summed E-state index contributed by atoms with van der Waals surface area (Å²) in [6.07, 6.45) is 10.8. The molecule has 1 atom stereocenters. The molecule has 0 spiro atoms. The third-order valence-electron chi connectivity index (χ3n) is 4.57. The predicted molar refractivity (Wildman–Crippen MR) is 106 cm³/mol. The SMILES string of the molecule is CCCCCCCC(=O)O[N+](C)(CC(O)CC)OC(=O)CCCCCCC. The van der Waals surface area contributed by atoms with Crippen LogP contribution in [0.2, 0.25) is 0 Å². The number of carbonyl (C=O) groups excluding carboxylic acids is 2. The van der Waals surface area contributed by atoms with E-state index in [2.05, 4.69) is 13.8 Å². The maximum absolute atomic E-state index is 12.2. The Hall–Kier alpha value is -1.14. The van der Waals surface area contributed by atoms with E-state index in [9.17, 15) is 14.7 Å². The standard InChI is InChI=1S/C21H42NO5/c1-5-8-10-12-14-16-20(24)26-22(4,18-19(23)7-3)27-21(25)17-15-13-11-9-6-2/h19,23H,5-18H2,1-4H3/q+1. The summed E-state index contributed by atoms with van der Waals surface area (Å²) in [5.41, 5.74) is 0. The molecule has 0 saturated carbocycles. The summed E-state index contributed by atoms with van der Waals surface area (Å²) in [5.74, 6) is -0.791. The Kier molecular flexibility index (Phi) is 15.2. The topological polar surface area (TPSA) is 72.8 Å². The van der Waals surface area contributed by atoms with Crippen LogP contribution in [0.1, 0.15) is 104 Å². The molecule has 0 bridgehead atoms. The molecule has 1 N–H and O–H groups in total. The fourth-order valence-electron chi connectivity index (χ4n) is 2.87. The molecule has 0 aromatic carbocycles. The summed E-state index contributed by atoms with van der Waals surface area (Å²) >= 11 is 0. The molecule has 0 aliphatic heterocycles. The minimum absolute atomic E-state index is 0.0413. The molecule has 0 saturated heterocycles. The third-order valence-corrected chi connectivity index (χ3v) is 4.57. The average molecular weight is 389 g/mol. The first-order valence-electron chi connectivity index (χ1n) is 10.8. The minimum atomic E-state index is -0.704. The van der Waals surface area contributed by atoms with Gasteiger partial charge in [0.05, 0.1) is 12.8 Å². The van der Waals surface area contributed by atoms with Crippen molar-refractivity contribution >= 4 is 11.9 Å². The van der Waals surface area contributed by atoms with Gasteiger partial charge in [-0.1, -0.05) is 72.1 Å². The van der Waals surface area contributed by atoms with Crippen molar-refractivity contribution in [2.75, 3.05) is 13.6 Å². The van der Waals surface area contributed by atoms with Crippen molar-refractivity contribution in [1.82, 2.24) is 0 Å². The van der Waals surface area contributed by atoms with Crippen molar-refractivity contribution in [1.29, 1.82) is 0 Å². The van der Waals surface area contributed by atoms with Crippen LogP contribution in [0.25, 0.3) is 0 Å². The van der Waals surface area contributed by atoms with Crippen molar-refractivity contribution in [3.05, 3.63) is 0 Å². The number of nitrogens with zero attached hydrogens (tertiary/aromatic N) is 1. The number of likely N-dealkylation sites (N-methyl/N-ethyl adjacent to an activating group) is 1. The third kappa shape index (κ3) is 14.6. The summed E-state index contributed by atoms with van der Waals surface area (Å²) in [4.78, 5) is 34.5. The highest BCUT2D eigenvalue weighted by Crippen LogP contribution is 2.15. The Bertz CT molecular complexity index is 372. The number of aliphatic hydroxyl groups excluding tert-OH is 1. The molecule has 0 radical (unpaired) electrons. The van der Waals surface area contributed by atoms with Crippen LogP contribution in [0.3, 0.4) is 0 Å². The summed E-state index contributed by atoms with van der Waals surface area (Å²) < 4.78 is 0. The maximum Gasteiger partial charge on any atom is 0.372 e. The second-order valence-corrected chi connectivity index (χ2v) is 7.51.